The largest absolute Gasteiger partial charge is 0.454 e. The second-order valence-electron chi connectivity index (χ2n) is 13.2. The first kappa shape index (κ1) is 32.7. The van der Waals surface area contributed by atoms with E-state index < -0.39 is 17.3 Å². The molecule has 2 aromatic heterocycles. The van der Waals surface area contributed by atoms with Crippen molar-refractivity contribution in [2.75, 3.05) is 38.8 Å². The fraction of sp³-hybridized carbons (Fsp3) is 0.342. The van der Waals surface area contributed by atoms with Crippen LogP contribution in [0.5, 0.6) is 11.5 Å². The minimum absolute atomic E-state index is 0.00373. The molecule has 2 aliphatic heterocycles. The van der Waals surface area contributed by atoms with Gasteiger partial charge in [0.15, 0.2) is 11.6 Å². The number of nitrogens with zero attached hydrogens (tertiary/aromatic N) is 4. The molecule has 0 aliphatic carbocycles. The Morgan fingerprint density at radius 1 is 1.06 bits per heavy atom. The second-order valence-corrected chi connectivity index (χ2v) is 13.2. The van der Waals surface area contributed by atoms with Gasteiger partial charge < -0.3 is 19.5 Å². The molecule has 0 bridgehead atoms. The highest BCUT2D eigenvalue weighted by molar-refractivity contribution is 6.05. The number of hydrogen-bond acceptors (Lipinski definition) is 7. The van der Waals surface area contributed by atoms with Crippen LogP contribution in [0, 0.1) is 18.2 Å². The van der Waals surface area contributed by atoms with Gasteiger partial charge in [0, 0.05) is 56.2 Å². The monoisotopic (exact) mass is 665 g/mol. The predicted octanol–water partition coefficient (Wildman–Crippen LogP) is 6.23. The molecule has 11 heteroatoms. The molecular weight excluding hydrogens is 625 g/mol. The van der Waals surface area contributed by atoms with Crippen LogP contribution in [0.3, 0.4) is 0 Å². The maximum Gasteiger partial charge on any atom is 0.284 e. The zero-order chi connectivity index (χ0) is 34.1. The Hall–Kier alpha value is -4.84. The van der Waals surface area contributed by atoms with Crippen molar-refractivity contribution in [1.29, 1.82) is 0 Å². The van der Waals surface area contributed by atoms with Crippen molar-refractivity contribution in [3.63, 3.8) is 0 Å². The van der Waals surface area contributed by atoms with Gasteiger partial charge in [0.2, 0.25) is 0 Å². The minimum atomic E-state index is -0.663. The standard InChI is InChI=1S/C38H40FN5O5/c1-25-35(37(46)44(43(25)3)28-7-5-4-6-8-28)36(45)41-27-10-12-34(31(39)20-27)49-33-13-16-40-32-19-26(9-11-30(32)33)22-42(2)29-21-38(24-48-23-29)14-17-47-18-15-38/h4-13,16,19-20,29H,14-15,17-18,21-24H2,1-3H3,(H,41,45). The van der Waals surface area contributed by atoms with E-state index in [4.69, 9.17) is 14.2 Å². The van der Waals surface area contributed by atoms with Gasteiger partial charge in [-0.1, -0.05) is 24.3 Å². The molecular formula is C38H40FN5O5. The number of fused-ring (bicyclic) bond motifs is 1. The lowest BCUT2D eigenvalue weighted by Gasteiger charge is -2.45. The van der Waals surface area contributed by atoms with E-state index in [1.807, 2.05) is 36.4 Å². The zero-order valence-corrected chi connectivity index (χ0v) is 27.9. The molecule has 7 rings (SSSR count). The predicted molar refractivity (Wildman–Crippen MR) is 185 cm³/mol. The lowest BCUT2D eigenvalue weighted by molar-refractivity contribution is -0.102. The smallest absolute Gasteiger partial charge is 0.284 e. The Morgan fingerprint density at radius 3 is 2.63 bits per heavy atom. The van der Waals surface area contributed by atoms with Crippen LogP contribution in [0.4, 0.5) is 10.1 Å². The number of rotatable bonds is 8. The van der Waals surface area contributed by atoms with Crippen LogP contribution in [0.1, 0.15) is 40.9 Å². The highest BCUT2D eigenvalue weighted by Crippen LogP contribution is 2.40. The Labute approximate surface area is 284 Å². The van der Waals surface area contributed by atoms with Crippen molar-refractivity contribution >= 4 is 22.5 Å². The number of pyridine rings is 1. The van der Waals surface area contributed by atoms with Gasteiger partial charge >= 0.3 is 0 Å². The summed E-state index contributed by atoms with van der Waals surface area (Å²) in [5, 5.41) is 3.42. The molecule has 2 aliphatic rings. The van der Waals surface area contributed by atoms with Crippen LogP contribution in [0.25, 0.3) is 16.6 Å². The third kappa shape index (κ3) is 6.61. The summed E-state index contributed by atoms with van der Waals surface area (Å²) in [6.07, 6.45) is 4.84. The number of halogens is 1. The van der Waals surface area contributed by atoms with Crippen molar-refractivity contribution in [2.24, 2.45) is 12.5 Å². The number of para-hydroxylation sites is 1. The maximum absolute atomic E-state index is 15.4. The normalized spacial score (nSPS) is 17.4. The molecule has 4 heterocycles. The van der Waals surface area contributed by atoms with Gasteiger partial charge in [-0.25, -0.2) is 9.07 Å². The molecule has 1 N–H and O–H groups in total. The Kier molecular flexibility index (Phi) is 9.06. The molecule has 5 aromatic rings. The Morgan fingerprint density at radius 2 is 1.86 bits per heavy atom. The van der Waals surface area contributed by atoms with E-state index in [0.29, 0.717) is 23.2 Å². The fourth-order valence-corrected chi connectivity index (χ4v) is 7.04. The maximum atomic E-state index is 15.4. The second kappa shape index (κ2) is 13.6. The van der Waals surface area contributed by atoms with Crippen molar-refractivity contribution in [3.05, 3.63) is 112 Å². The van der Waals surface area contributed by atoms with Crippen LogP contribution < -0.4 is 15.6 Å². The van der Waals surface area contributed by atoms with Gasteiger partial charge in [-0.2, -0.15) is 0 Å². The molecule has 1 atom stereocenters. The highest BCUT2D eigenvalue weighted by Gasteiger charge is 2.39. The number of benzene rings is 3. The molecule has 1 spiro atoms. The lowest BCUT2D eigenvalue weighted by Crippen LogP contribution is -2.48. The number of amides is 1. The molecule has 254 valence electrons. The van der Waals surface area contributed by atoms with Crippen LogP contribution in [0.2, 0.25) is 0 Å². The third-order valence-electron chi connectivity index (χ3n) is 9.95. The molecule has 1 amide bonds. The summed E-state index contributed by atoms with van der Waals surface area (Å²) >= 11 is 0. The van der Waals surface area contributed by atoms with E-state index in [9.17, 15) is 9.59 Å². The van der Waals surface area contributed by atoms with Gasteiger partial charge in [0.05, 0.1) is 30.1 Å². The van der Waals surface area contributed by atoms with Crippen LogP contribution in [0.15, 0.2) is 83.8 Å². The van der Waals surface area contributed by atoms with Crippen LogP contribution in [-0.2, 0) is 23.1 Å². The molecule has 49 heavy (non-hydrogen) atoms. The van der Waals surface area contributed by atoms with E-state index in [1.165, 1.54) is 16.8 Å². The quantitative estimate of drug-likeness (QED) is 0.210. The van der Waals surface area contributed by atoms with Crippen LogP contribution in [-0.4, -0.2) is 64.7 Å². The average Bonchev–Trinajstić information content (AvgIpc) is 3.33. The molecule has 3 aromatic carbocycles. The molecule has 2 saturated heterocycles. The number of likely N-dealkylation sites (N-methyl/N-ethyl adjacent to an activating group) is 1. The fourth-order valence-electron chi connectivity index (χ4n) is 7.04. The van der Waals surface area contributed by atoms with Crippen molar-refractivity contribution in [3.8, 4) is 17.2 Å². The number of hydrogen-bond donors (Lipinski definition) is 1. The third-order valence-corrected chi connectivity index (χ3v) is 9.95. The Balaban J connectivity index is 1.04. The van der Waals surface area contributed by atoms with Gasteiger partial charge in [-0.15, -0.1) is 0 Å². The number of ether oxygens (including phenoxy) is 3. The number of nitrogens with one attached hydrogen (secondary N) is 1. The number of anilines is 1. The topological polar surface area (TPSA) is 99.9 Å². The summed E-state index contributed by atoms with van der Waals surface area (Å²) < 4.78 is 36.1. The first-order valence-electron chi connectivity index (χ1n) is 16.6. The lowest BCUT2D eigenvalue weighted by atomic mass is 9.74. The molecule has 0 saturated carbocycles. The van der Waals surface area contributed by atoms with Crippen molar-refractivity contribution in [1.82, 2.24) is 19.2 Å². The summed E-state index contributed by atoms with van der Waals surface area (Å²) in [6.45, 7) is 5.58. The Bertz CT molecular complexity index is 2050. The first-order valence-corrected chi connectivity index (χ1v) is 16.6. The van der Waals surface area contributed by atoms with Gasteiger partial charge in [-0.05, 0) is 86.7 Å². The van der Waals surface area contributed by atoms with Crippen molar-refractivity contribution < 1.29 is 23.4 Å². The van der Waals surface area contributed by atoms with E-state index in [1.54, 1.807) is 49.1 Å². The molecule has 2 fully saturated rings. The average molecular weight is 666 g/mol. The van der Waals surface area contributed by atoms with Gasteiger partial charge in [0.25, 0.3) is 11.5 Å². The van der Waals surface area contributed by atoms with E-state index in [0.717, 1.165) is 68.7 Å². The minimum Gasteiger partial charge on any atom is -0.454 e. The van der Waals surface area contributed by atoms with Crippen molar-refractivity contribution in [2.45, 2.75) is 38.8 Å². The summed E-state index contributed by atoms with van der Waals surface area (Å²) in [7, 11) is 3.85. The number of carbonyl (C=O) groups is 1. The first-order chi connectivity index (χ1) is 23.7. The zero-order valence-electron chi connectivity index (χ0n) is 27.9. The molecule has 0 radical (unpaired) electrons. The van der Waals surface area contributed by atoms with E-state index >= 15 is 4.39 Å². The summed E-state index contributed by atoms with van der Waals surface area (Å²) in [5.74, 6) is -0.828. The number of carbonyl (C=O) groups excluding carboxylic acids is 1. The number of aromatic nitrogens is 3. The van der Waals surface area contributed by atoms with E-state index in [2.05, 4.69) is 22.2 Å². The summed E-state index contributed by atoms with van der Waals surface area (Å²) in [4.78, 5) is 33.4. The summed E-state index contributed by atoms with van der Waals surface area (Å²) in [6, 6.07) is 21.3. The van der Waals surface area contributed by atoms with E-state index in [-0.39, 0.29) is 22.4 Å². The van der Waals surface area contributed by atoms with Gasteiger partial charge in [-0.3, -0.25) is 24.2 Å². The summed E-state index contributed by atoms with van der Waals surface area (Å²) in [5.41, 5.74) is 2.90. The van der Waals surface area contributed by atoms with Gasteiger partial charge in [0.1, 0.15) is 11.3 Å². The highest BCUT2D eigenvalue weighted by atomic mass is 19.1. The SMILES string of the molecule is Cc1c(C(=O)Nc2ccc(Oc3ccnc4cc(CN(C)C5COCC6(CCOCC6)C5)ccc34)c(F)c2)c(=O)n(-c2ccccc2)n1C. The molecule has 10 nitrogen and oxygen atoms in total. The molecule has 1 unspecified atom stereocenters. The van der Waals surface area contributed by atoms with Crippen LogP contribution >= 0.6 is 0 Å².